The van der Waals surface area contributed by atoms with Gasteiger partial charge in [0.1, 0.15) is 13.2 Å². The average Bonchev–Trinajstić information content (AvgIpc) is 3.30. The Labute approximate surface area is 272 Å². The molecule has 0 radical (unpaired) electrons. The van der Waals surface area contributed by atoms with E-state index < -0.39 is 18.1 Å². The lowest BCUT2D eigenvalue weighted by Crippen LogP contribution is -2.42. The van der Waals surface area contributed by atoms with Crippen LogP contribution in [0.5, 0.6) is 5.75 Å². The van der Waals surface area contributed by atoms with Crippen molar-refractivity contribution in [2.45, 2.75) is 45.6 Å². The van der Waals surface area contributed by atoms with Gasteiger partial charge in [-0.2, -0.15) is 13.2 Å². The van der Waals surface area contributed by atoms with Crippen LogP contribution in [-0.4, -0.2) is 88.5 Å². The van der Waals surface area contributed by atoms with Gasteiger partial charge in [-0.25, -0.2) is 23.9 Å². The molecule has 0 aliphatic carbocycles. The van der Waals surface area contributed by atoms with Crippen LogP contribution in [0.4, 0.5) is 24.8 Å². The summed E-state index contributed by atoms with van der Waals surface area (Å²) in [7, 11) is 1.59. The van der Waals surface area contributed by atoms with Gasteiger partial charge in [-0.1, -0.05) is 17.7 Å². The van der Waals surface area contributed by atoms with E-state index in [9.17, 15) is 27.9 Å². The van der Waals surface area contributed by atoms with E-state index in [0.717, 1.165) is 29.7 Å². The van der Waals surface area contributed by atoms with Crippen molar-refractivity contribution >= 4 is 52.1 Å². The Morgan fingerprint density at radius 1 is 1.17 bits per heavy atom. The van der Waals surface area contributed by atoms with E-state index in [-0.39, 0.29) is 53.2 Å². The molecule has 19 heteroatoms. The normalized spacial score (nSPS) is 13.7. The molecule has 0 unspecified atom stereocenters. The Hall–Kier alpha value is -4.42. The number of nitrogens with one attached hydrogen (secondary N) is 1. The molecule has 0 atom stereocenters. The Kier molecular flexibility index (Phi) is 12.9. The number of carboxylic acid groups (broad SMARTS) is 1. The molecule has 258 valence electrons. The van der Waals surface area contributed by atoms with Crippen molar-refractivity contribution in [2.75, 3.05) is 51.5 Å². The Balaban J connectivity index is 0.000000771. The third-order valence-electron chi connectivity index (χ3n) is 7.30. The second-order valence-electron chi connectivity index (χ2n) is 10.4. The van der Waals surface area contributed by atoms with Crippen molar-refractivity contribution in [3.8, 4) is 5.75 Å². The van der Waals surface area contributed by atoms with E-state index in [4.69, 9.17) is 42.4 Å². The number of carbonyl (C=O) groups excluding carboxylic acids is 2. The number of hydrogen-bond donors (Lipinski definition) is 4. The number of rotatable bonds is 11. The van der Waals surface area contributed by atoms with Gasteiger partial charge in [-0.15, -0.1) is 5.75 Å². The summed E-state index contributed by atoms with van der Waals surface area (Å²) < 4.78 is 46.2. The summed E-state index contributed by atoms with van der Waals surface area (Å²) in [6.45, 7) is 5.51. The standard InChI is InChI=1S/C26H35ClN8O5.C2HF3O2/c1-3-34-18-5-4-17(36)12-19(18)35(14-16-6-8-33(9-7-16)21(37)15-40-11-10-39-2)20(34)13-30-26(38)22-24(28)32-25(29)23(27)31-22;3-2(4,5)1(6)7/h4-5,12,16H,3,6-11,13-15H2,1-2H3,(H5-,28,29,30,32,36,38);(H,6,7). The fourth-order valence-electron chi connectivity index (χ4n) is 4.99. The maximum atomic E-state index is 13.0. The number of likely N-dealkylation sites (tertiary alicyclic amines) is 1. The molecule has 4 rings (SSSR count). The number of imidazole rings is 1. The molecule has 3 heterocycles. The van der Waals surface area contributed by atoms with Crippen molar-refractivity contribution in [3.05, 3.63) is 34.9 Å². The molecule has 1 aromatic carbocycles. The lowest BCUT2D eigenvalue weighted by Gasteiger charge is -2.31. The summed E-state index contributed by atoms with van der Waals surface area (Å²) in [5.41, 5.74) is 13.1. The minimum absolute atomic E-state index is 0.0330. The lowest BCUT2D eigenvalue weighted by atomic mass is 9.96. The average molecular weight is 689 g/mol. The number of nitrogens with two attached hydrogens (primary N) is 2. The molecule has 3 aromatic rings. The number of carboxylic acids is 1. The van der Waals surface area contributed by atoms with Crippen molar-refractivity contribution in [2.24, 2.45) is 5.92 Å². The molecule has 2 aromatic heterocycles. The second-order valence-corrected chi connectivity index (χ2v) is 10.8. The van der Waals surface area contributed by atoms with E-state index in [1.807, 2.05) is 11.8 Å². The molecular weight excluding hydrogens is 653 g/mol. The predicted octanol–water partition coefficient (Wildman–Crippen LogP) is 1.10. The van der Waals surface area contributed by atoms with E-state index >= 15 is 0 Å². The van der Waals surface area contributed by atoms with Gasteiger partial charge in [-0.05, 0) is 31.9 Å². The molecule has 47 heavy (non-hydrogen) atoms. The van der Waals surface area contributed by atoms with Gasteiger partial charge in [0, 0.05) is 26.1 Å². The number of halogens is 4. The minimum atomic E-state index is -5.08. The molecule has 1 saturated heterocycles. The Morgan fingerprint density at radius 2 is 1.83 bits per heavy atom. The zero-order valence-electron chi connectivity index (χ0n) is 25.7. The second kappa shape index (κ2) is 16.4. The van der Waals surface area contributed by atoms with Crippen LogP contribution in [0.1, 0.15) is 36.1 Å². The van der Waals surface area contributed by atoms with Crippen LogP contribution in [-0.2, 0) is 38.7 Å². The molecule has 0 saturated carbocycles. The number of benzene rings is 1. The zero-order valence-corrected chi connectivity index (χ0v) is 26.4. The van der Waals surface area contributed by atoms with E-state index in [2.05, 4.69) is 24.4 Å². The lowest BCUT2D eigenvalue weighted by molar-refractivity contribution is -0.676. The van der Waals surface area contributed by atoms with E-state index in [1.165, 1.54) is 6.07 Å². The number of anilines is 2. The van der Waals surface area contributed by atoms with Gasteiger partial charge in [0.25, 0.3) is 11.7 Å². The fourth-order valence-corrected chi connectivity index (χ4v) is 5.11. The first-order valence-corrected chi connectivity index (χ1v) is 14.8. The third kappa shape index (κ3) is 9.79. The van der Waals surface area contributed by atoms with Crippen molar-refractivity contribution in [1.29, 1.82) is 0 Å². The van der Waals surface area contributed by atoms with Crippen LogP contribution in [0.25, 0.3) is 11.0 Å². The van der Waals surface area contributed by atoms with E-state index in [0.29, 0.717) is 39.4 Å². The number of nitrogens with zero attached hydrogens (tertiary/aromatic N) is 5. The number of amides is 2. The van der Waals surface area contributed by atoms with Gasteiger partial charge in [0.15, 0.2) is 33.5 Å². The highest BCUT2D eigenvalue weighted by Crippen LogP contribution is 2.25. The molecule has 0 bridgehead atoms. The van der Waals surface area contributed by atoms with Gasteiger partial charge in [-0.3, -0.25) is 9.59 Å². The highest BCUT2D eigenvalue weighted by molar-refractivity contribution is 6.31. The summed E-state index contributed by atoms with van der Waals surface area (Å²) in [6, 6.07) is 4.95. The van der Waals surface area contributed by atoms with Crippen LogP contribution < -0.4 is 26.5 Å². The summed E-state index contributed by atoms with van der Waals surface area (Å²) in [5, 5.41) is 22.2. The number of carbonyl (C=O) groups is 3. The van der Waals surface area contributed by atoms with Gasteiger partial charge < -0.3 is 41.4 Å². The number of aliphatic carboxylic acids is 1. The number of ether oxygens (including phenoxy) is 2. The molecule has 0 spiro atoms. The zero-order chi connectivity index (χ0) is 34.9. The molecule has 15 nitrogen and oxygen atoms in total. The Morgan fingerprint density at radius 3 is 2.43 bits per heavy atom. The van der Waals surface area contributed by atoms with Crippen LogP contribution in [0.2, 0.25) is 5.15 Å². The van der Waals surface area contributed by atoms with Crippen LogP contribution in [0, 0.1) is 5.92 Å². The summed E-state index contributed by atoms with van der Waals surface area (Å²) in [6.07, 6.45) is -3.48. The largest absolute Gasteiger partial charge is 0.872 e. The highest BCUT2D eigenvalue weighted by atomic mass is 35.5. The number of hydrogen-bond acceptors (Lipinski definition) is 10. The molecule has 1 fully saturated rings. The summed E-state index contributed by atoms with van der Waals surface area (Å²) in [5.74, 6) is -2.53. The monoisotopic (exact) mass is 688 g/mol. The maximum Gasteiger partial charge on any atom is 0.490 e. The quantitative estimate of drug-likeness (QED) is 0.165. The minimum Gasteiger partial charge on any atom is -0.872 e. The molecule has 2 amide bonds. The van der Waals surface area contributed by atoms with Gasteiger partial charge in [0.2, 0.25) is 5.91 Å². The number of piperidine rings is 1. The number of aromatic nitrogens is 4. The number of methoxy groups -OCH3 is 1. The van der Waals surface area contributed by atoms with Crippen molar-refractivity contribution in [1.82, 2.24) is 24.8 Å². The number of aryl methyl sites for hydroxylation is 1. The SMILES string of the molecule is CC[n+]1c(CNC(=O)c2nc(Cl)c(N)nc2N)n(CC2CCN(C(=O)COCCOC)CC2)c2cc([O-])ccc21.O=C(O)C(F)(F)F. The smallest absolute Gasteiger partial charge is 0.490 e. The topological polar surface area (TPSA) is 215 Å². The first kappa shape index (κ1) is 37.0. The summed E-state index contributed by atoms with van der Waals surface area (Å²) >= 11 is 5.96. The fraction of sp³-hybridized carbons (Fsp3) is 0.500. The number of fused-ring (bicyclic) bond motifs is 1. The Bertz CT molecular complexity index is 1580. The first-order valence-electron chi connectivity index (χ1n) is 14.4. The van der Waals surface area contributed by atoms with Gasteiger partial charge >= 0.3 is 12.1 Å². The number of alkyl halides is 3. The van der Waals surface area contributed by atoms with Crippen LogP contribution >= 0.6 is 11.6 Å². The first-order chi connectivity index (χ1) is 22.2. The molecule has 1 aliphatic rings. The van der Waals surface area contributed by atoms with Gasteiger partial charge in [0.05, 0.1) is 26.3 Å². The van der Waals surface area contributed by atoms with Crippen molar-refractivity contribution < 1.29 is 51.8 Å². The van der Waals surface area contributed by atoms with Crippen LogP contribution in [0.15, 0.2) is 18.2 Å². The molecule has 6 N–H and O–H groups in total. The van der Waals surface area contributed by atoms with Crippen LogP contribution in [0.3, 0.4) is 0 Å². The predicted molar refractivity (Wildman–Crippen MR) is 160 cm³/mol. The van der Waals surface area contributed by atoms with E-state index in [1.54, 1.807) is 19.2 Å². The molecule has 1 aliphatic heterocycles. The summed E-state index contributed by atoms with van der Waals surface area (Å²) in [4.78, 5) is 44.1. The highest BCUT2D eigenvalue weighted by Gasteiger charge is 2.38. The maximum absolute atomic E-state index is 13.0. The molecular formula is C28H36ClF3N8O7. The number of nitrogen functional groups attached to an aromatic ring is 2. The van der Waals surface area contributed by atoms with Crippen molar-refractivity contribution in [3.63, 3.8) is 0 Å². The third-order valence-corrected chi connectivity index (χ3v) is 7.58.